The third kappa shape index (κ3) is 3.23. The molecule has 0 spiro atoms. The van der Waals surface area contributed by atoms with Gasteiger partial charge in [0.2, 0.25) is 0 Å². The van der Waals surface area contributed by atoms with Crippen molar-refractivity contribution in [3.8, 4) is 11.5 Å². The van der Waals surface area contributed by atoms with Crippen molar-refractivity contribution in [3.05, 3.63) is 57.9 Å². The van der Waals surface area contributed by atoms with Gasteiger partial charge in [-0.3, -0.25) is 0 Å². The monoisotopic (exact) mass is 342 g/mol. The molecule has 3 rings (SSSR count). The molecular weight excluding hydrogens is 320 g/mol. The number of nitrogens with zero attached hydrogens (tertiary/aromatic N) is 2. The third-order valence-electron chi connectivity index (χ3n) is 4.01. The number of hydrogen-bond acceptors (Lipinski definition) is 4. The zero-order valence-electron chi connectivity index (χ0n) is 14.4. The van der Waals surface area contributed by atoms with Crippen molar-refractivity contribution in [2.24, 2.45) is 4.99 Å². The second-order valence-electron chi connectivity index (χ2n) is 5.91. The molecule has 0 aliphatic rings. The van der Waals surface area contributed by atoms with E-state index in [9.17, 15) is 0 Å². The zero-order chi connectivity index (χ0) is 17.1. The minimum Gasteiger partial charge on any atom is -0.463 e. The summed E-state index contributed by atoms with van der Waals surface area (Å²) in [6.45, 7) is 6.93. The number of aryl methyl sites for hydroxylation is 2. The molecule has 5 heteroatoms. The van der Waals surface area contributed by atoms with E-state index in [2.05, 4.69) is 48.9 Å². The molecule has 0 aliphatic carbocycles. The van der Waals surface area contributed by atoms with Crippen molar-refractivity contribution < 1.29 is 9.15 Å². The Labute approximate surface area is 146 Å². The second-order valence-corrected chi connectivity index (χ2v) is 6.74. The van der Waals surface area contributed by atoms with Crippen LogP contribution >= 0.6 is 11.3 Å². The SMILES string of the molecule is COCC(C)n1c(-c2ccco2)csc1=Nc1c(C)cccc1C. The highest BCUT2D eigenvalue weighted by Crippen LogP contribution is 2.26. The molecule has 24 heavy (non-hydrogen) atoms. The lowest BCUT2D eigenvalue weighted by Gasteiger charge is -2.15. The summed E-state index contributed by atoms with van der Waals surface area (Å²) < 4.78 is 13.2. The standard InChI is InChI=1S/C19H22N2O2S/c1-13-7-5-8-14(2)18(13)20-19-21(15(3)11-22-4)16(12-24-19)17-9-6-10-23-17/h5-10,12,15H,11H2,1-4H3. The van der Waals surface area contributed by atoms with E-state index in [0.29, 0.717) is 6.61 Å². The van der Waals surface area contributed by atoms with E-state index in [1.54, 1.807) is 24.7 Å². The van der Waals surface area contributed by atoms with E-state index >= 15 is 0 Å². The third-order valence-corrected chi connectivity index (χ3v) is 4.85. The Bertz CT molecular complexity index is 855. The summed E-state index contributed by atoms with van der Waals surface area (Å²) in [5.41, 5.74) is 4.41. The van der Waals surface area contributed by atoms with E-state index in [1.807, 2.05) is 12.1 Å². The minimum absolute atomic E-state index is 0.157. The van der Waals surface area contributed by atoms with Crippen LogP contribution in [-0.2, 0) is 4.74 Å². The molecule has 1 aromatic carbocycles. The van der Waals surface area contributed by atoms with Crippen molar-refractivity contribution in [1.82, 2.24) is 4.57 Å². The summed E-state index contributed by atoms with van der Waals surface area (Å²) >= 11 is 1.62. The van der Waals surface area contributed by atoms with Crippen LogP contribution in [-0.4, -0.2) is 18.3 Å². The van der Waals surface area contributed by atoms with Crippen LogP contribution in [0.1, 0.15) is 24.1 Å². The van der Waals surface area contributed by atoms with E-state index in [4.69, 9.17) is 14.1 Å². The first-order valence-electron chi connectivity index (χ1n) is 7.95. The van der Waals surface area contributed by atoms with Gasteiger partial charge in [0, 0.05) is 12.5 Å². The summed E-state index contributed by atoms with van der Waals surface area (Å²) in [4.78, 5) is 5.91. The molecule has 0 fully saturated rings. The van der Waals surface area contributed by atoms with Gasteiger partial charge in [0.1, 0.15) is 0 Å². The molecule has 1 unspecified atom stereocenters. The average Bonchev–Trinajstić information content (AvgIpc) is 3.20. The first-order chi connectivity index (χ1) is 11.6. The van der Waals surface area contributed by atoms with Gasteiger partial charge in [0.25, 0.3) is 0 Å². The van der Waals surface area contributed by atoms with Crippen LogP contribution in [0.5, 0.6) is 0 Å². The summed E-state index contributed by atoms with van der Waals surface area (Å²) in [7, 11) is 1.72. The molecule has 2 aromatic heterocycles. The maximum absolute atomic E-state index is 5.60. The Balaban J connectivity index is 2.20. The summed E-state index contributed by atoms with van der Waals surface area (Å²) in [6, 6.07) is 10.3. The van der Waals surface area contributed by atoms with Crippen LogP contribution in [0.2, 0.25) is 0 Å². The fourth-order valence-corrected chi connectivity index (χ4v) is 3.81. The predicted octanol–water partition coefficient (Wildman–Crippen LogP) is 4.87. The molecule has 4 nitrogen and oxygen atoms in total. The number of furan rings is 1. The number of thiazole rings is 1. The topological polar surface area (TPSA) is 39.7 Å². The molecule has 0 bridgehead atoms. The molecule has 126 valence electrons. The Morgan fingerprint density at radius 2 is 1.96 bits per heavy atom. The molecule has 0 aliphatic heterocycles. The van der Waals surface area contributed by atoms with Gasteiger partial charge < -0.3 is 13.7 Å². The zero-order valence-corrected chi connectivity index (χ0v) is 15.3. The van der Waals surface area contributed by atoms with Crippen LogP contribution in [0.25, 0.3) is 11.5 Å². The summed E-state index contributed by atoms with van der Waals surface area (Å²) in [5, 5.41) is 2.09. The number of para-hydroxylation sites is 1. The van der Waals surface area contributed by atoms with E-state index in [1.165, 1.54) is 11.1 Å². The maximum Gasteiger partial charge on any atom is 0.190 e. The van der Waals surface area contributed by atoms with E-state index in [-0.39, 0.29) is 6.04 Å². The summed E-state index contributed by atoms with van der Waals surface area (Å²) in [5.74, 6) is 0.845. The number of aromatic nitrogens is 1. The molecule has 3 aromatic rings. The van der Waals surface area contributed by atoms with Gasteiger partial charge in [-0.1, -0.05) is 18.2 Å². The lowest BCUT2D eigenvalue weighted by molar-refractivity contribution is 0.161. The van der Waals surface area contributed by atoms with Crippen molar-refractivity contribution in [2.45, 2.75) is 26.8 Å². The fourth-order valence-electron chi connectivity index (χ4n) is 2.83. The average molecular weight is 342 g/mol. The van der Waals surface area contributed by atoms with Gasteiger partial charge >= 0.3 is 0 Å². The van der Waals surface area contributed by atoms with Crippen molar-refractivity contribution in [1.29, 1.82) is 0 Å². The number of methoxy groups -OCH3 is 1. The van der Waals surface area contributed by atoms with Gasteiger partial charge in [-0.25, -0.2) is 4.99 Å². The smallest absolute Gasteiger partial charge is 0.190 e. The quantitative estimate of drug-likeness (QED) is 0.664. The van der Waals surface area contributed by atoms with Crippen molar-refractivity contribution >= 4 is 17.0 Å². The van der Waals surface area contributed by atoms with E-state index in [0.717, 1.165) is 21.9 Å². The largest absolute Gasteiger partial charge is 0.463 e. The normalized spacial score (nSPS) is 13.4. The molecule has 0 N–H and O–H groups in total. The van der Waals surface area contributed by atoms with Crippen LogP contribution < -0.4 is 4.80 Å². The second kappa shape index (κ2) is 7.20. The van der Waals surface area contributed by atoms with Crippen LogP contribution in [0, 0.1) is 13.8 Å². The Morgan fingerprint density at radius 1 is 1.21 bits per heavy atom. The van der Waals surface area contributed by atoms with Crippen molar-refractivity contribution in [3.63, 3.8) is 0 Å². The van der Waals surface area contributed by atoms with Gasteiger partial charge in [-0.2, -0.15) is 0 Å². The molecule has 0 saturated heterocycles. The molecular formula is C19H22N2O2S. The number of hydrogen-bond donors (Lipinski definition) is 0. The molecule has 0 amide bonds. The lowest BCUT2D eigenvalue weighted by Crippen LogP contribution is -2.23. The molecule has 0 saturated carbocycles. The van der Waals surface area contributed by atoms with Gasteiger partial charge in [0.05, 0.1) is 30.3 Å². The van der Waals surface area contributed by atoms with Gasteiger partial charge in [0.15, 0.2) is 10.6 Å². The first kappa shape index (κ1) is 16.7. The highest BCUT2D eigenvalue weighted by molar-refractivity contribution is 7.07. The first-order valence-corrected chi connectivity index (χ1v) is 8.83. The van der Waals surface area contributed by atoms with Gasteiger partial charge in [-0.05, 0) is 44.0 Å². The highest BCUT2D eigenvalue weighted by atomic mass is 32.1. The van der Waals surface area contributed by atoms with Crippen LogP contribution in [0.4, 0.5) is 5.69 Å². The molecule has 2 heterocycles. The van der Waals surface area contributed by atoms with Crippen molar-refractivity contribution in [2.75, 3.05) is 13.7 Å². The number of rotatable bonds is 5. The number of benzene rings is 1. The maximum atomic E-state index is 5.60. The fraction of sp³-hybridized carbons (Fsp3) is 0.316. The summed E-state index contributed by atoms with van der Waals surface area (Å²) in [6.07, 6.45) is 1.70. The van der Waals surface area contributed by atoms with Gasteiger partial charge in [-0.15, -0.1) is 11.3 Å². The van der Waals surface area contributed by atoms with E-state index < -0.39 is 0 Å². The Hall–Kier alpha value is -2.11. The van der Waals surface area contributed by atoms with Crippen LogP contribution in [0.3, 0.4) is 0 Å². The lowest BCUT2D eigenvalue weighted by atomic mass is 10.1. The number of ether oxygens (including phenoxy) is 1. The Morgan fingerprint density at radius 3 is 2.58 bits per heavy atom. The minimum atomic E-state index is 0.157. The predicted molar refractivity (Wildman–Crippen MR) is 97.7 cm³/mol. The highest BCUT2D eigenvalue weighted by Gasteiger charge is 2.16. The molecule has 1 atom stereocenters. The van der Waals surface area contributed by atoms with Crippen LogP contribution in [0.15, 0.2) is 51.4 Å². The molecule has 0 radical (unpaired) electrons. The Kier molecular flexibility index (Phi) is 5.02.